The Labute approximate surface area is 148 Å². The first-order valence-electron chi connectivity index (χ1n) is 8.54. The van der Waals surface area contributed by atoms with Gasteiger partial charge >= 0.3 is 6.09 Å². The molecule has 0 saturated carbocycles. The number of likely N-dealkylation sites (tertiary alicyclic amines) is 1. The van der Waals surface area contributed by atoms with Crippen molar-refractivity contribution in [3.63, 3.8) is 0 Å². The van der Waals surface area contributed by atoms with Gasteiger partial charge in [-0.2, -0.15) is 0 Å². The second kappa shape index (κ2) is 6.39. The van der Waals surface area contributed by atoms with Crippen LogP contribution in [-0.2, 0) is 4.74 Å². The standard InChI is InChI=1S/C17H25ClN4O2/c1-16(2,3)24-15(23)22-10-4-7-17(22)8-11-21(12-9-17)14-6-5-13(18)19-20-14/h5-6H,4,7-12H2,1-3H3. The maximum Gasteiger partial charge on any atom is 0.410 e. The summed E-state index contributed by atoms with van der Waals surface area (Å²) in [6, 6.07) is 3.66. The summed E-state index contributed by atoms with van der Waals surface area (Å²) in [5, 5.41) is 8.48. The van der Waals surface area contributed by atoms with E-state index in [0.29, 0.717) is 5.15 Å². The van der Waals surface area contributed by atoms with Crippen LogP contribution in [0.2, 0.25) is 5.15 Å². The molecule has 0 N–H and O–H groups in total. The van der Waals surface area contributed by atoms with Gasteiger partial charge < -0.3 is 14.5 Å². The van der Waals surface area contributed by atoms with Gasteiger partial charge in [-0.25, -0.2) is 4.79 Å². The summed E-state index contributed by atoms with van der Waals surface area (Å²) in [7, 11) is 0. The van der Waals surface area contributed by atoms with Crippen molar-refractivity contribution in [2.75, 3.05) is 24.5 Å². The highest BCUT2D eigenvalue weighted by Crippen LogP contribution is 2.40. The summed E-state index contributed by atoms with van der Waals surface area (Å²) in [5.41, 5.74) is -0.529. The van der Waals surface area contributed by atoms with Crippen molar-refractivity contribution in [2.24, 2.45) is 0 Å². The Morgan fingerprint density at radius 3 is 2.46 bits per heavy atom. The van der Waals surface area contributed by atoms with Crippen molar-refractivity contribution in [2.45, 2.75) is 57.6 Å². The molecule has 0 aliphatic carbocycles. The number of amides is 1. The van der Waals surface area contributed by atoms with Gasteiger partial charge in [0.1, 0.15) is 5.60 Å². The molecule has 2 saturated heterocycles. The normalized spacial score (nSPS) is 20.5. The van der Waals surface area contributed by atoms with E-state index in [-0.39, 0.29) is 11.6 Å². The molecule has 2 aliphatic heterocycles. The number of hydrogen-bond donors (Lipinski definition) is 0. The number of carbonyl (C=O) groups excluding carboxylic acids is 1. The quantitative estimate of drug-likeness (QED) is 0.774. The predicted molar refractivity (Wildman–Crippen MR) is 93.4 cm³/mol. The van der Waals surface area contributed by atoms with Crippen LogP contribution in [-0.4, -0.2) is 52.0 Å². The molecule has 2 fully saturated rings. The lowest BCUT2D eigenvalue weighted by Gasteiger charge is -2.45. The van der Waals surface area contributed by atoms with E-state index in [9.17, 15) is 4.79 Å². The van der Waals surface area contributed by atoms with Crippen LogP contribution in [0.4, 0.5) is 10.6 Å². The topological polar surface area (TPSA) is 58.6 Å². The van der Waals surface area contributed by atoms with Gasteiger partial charge in [-0.1, -0.05) is 11.6 Å². The van der Waals surface area contributed by atoms with Crippen molar-refractivity contribution < 1.29 is 9.53 Å². The zero-order valence-corrected chi connectivity index (χ0v) is 15.3. The van der Waals surface area contributed by atoms with Crippen LogP contribution in [0.1, 0.15) is 46.5 Å². The zero-order valence-electron chi connectivity index (χ0n) is 14.6. The van der Waals surface area contributed by atoms with Crippen LogP contribution < -0.4 is 4.90 Å². The summed E-state index contributed by atoms with van der Waals surface area (Å²) in [4.78, 5) is 16.7. The molecule has 24 heavy (non-hydrogen) atoms. The molecular formula is C17H25ClN4O2. The Bertz CT molecular complexity index is 592. The van der Waals surface area contributed by atoms with Crippen molar-refractivity contribution in [1.82, 2.24) is 15.1 Å². The molecule has 3 heterocycles. The van der Waals surface area contributed by atoms with E-state index >= 15 is 0 Å². The SMILES string of the molecule is CC(C)(C)OC(=O)N1CCCC12CCN(c1ccc(Cl)nn1)CC2. The van der Waals surface area contributed by atoms with E-state index in [1.807, 2.05) is 31.7 Å². The van der Waals surface area contributed by atoms with Crippen molar-refractivity contribution >= 4 is 23.5 Å². The van der Waals surface area contributed by atoms with Gasteiger partial charge in [0.25, 0.3) is 0 Å². The molecule has 0 aromatic carbocycles. The van der Waals surface area contributed by atoms with Crippen molar-refractivity contribution in [3.8, 4) is 0 Å². The number of piperidine rings is 1. The third kappa shape index (κ3) is 3.58. The minimum atomic E-state index is -0.458. The van der Waals surface area contributed by atoms with Crippen LogP contribution in [0.25, 0.3) is 0 Å². The number of anilines is 1. The molecule has 0 atom stereocenters. The molecule has 1 amide bonds. The first-order chi connectivity index (χ1) is 11.3. The van der Waals surface area contributed by atoms with Gasteiger partial charge in [0, 0.05) is 25.2 Å². The average Bonchev–Trinajstić information content (AvgIpc) is 2.91. The van der Waals surface area contributed by atoms with Gasteiger partial charge in [-0.15, -0.1) is 10.2 Å². The molecule has 3 rings (SSSR count). The minimum Gasteiger partial charge on any atom is -0.444 e. The lowest BCUT2D eigenvalue weighted by atomic mass is 9.85. The Morgan fingerprint density at radius 1 is 1.17 bits per heavy atom. The third-order valence-corrected chi connectivity index (χ3v) is 5.05. The molecular weight excluding hydrogens is 328 g/mol. The summed E-state index contributed by atoms with van der Waals surface area (Å²) in [6.45, 7) is 8.24. The summed E-state index contributed by atoms with van der Waals surface area (Å²) >= 11 is 5.81. The van der Waals surface area contributed by atoms with E-state index in [1.54, 1.807) is 6.07 Å². The molecule has 0 radical (unpaired) electrons. The van der Waals surface area contributed by atoms with Gasteiger partial charge in [0.05, 0.1) is 0 Å². The van der Waals surface area contributed by atoms with E-state index in [0.717, 1.165) is 51.1 Å². The number of rotatable bonds is 1. The van der Waals surface area contributed by atoms with Gasteiger partial charge in [0.15, 0.2) is 11.0 Å². The van der Waals surface area contributed by atoms with Crippen LogP contribution in [0.5, 0.6) is 0 Å². The zero-order chi connectivity index (χ0) is 17.4. The Morgan fingerprint density at radius 2 is 1.88 bits per heavy atom. The highest BCUT2D eigenvalue weighted by Gasteiger charge is 2.46. The maximum absolute atomic E-state index is 12.6. The van der Waals surface area contributed by atoms with Crippen LogP contribution in [0.3, 0.4) is 0 Å². The monoisotopic (exact) mass is 352 g/mol. The molecule has 1 spiro atoms. The number of carbonyl (C=O) groups is 1. The molecule has 0 bridgehead atoms. The number of nitrogens with zero attached hydrogens (tertiary/aromatic N) is 4. The number of ether oxygens (including phenoxy) is 1. The Hall–Kier alpha value is -1.56. The highest BCUT2D eigenvalue weighted by molar-refractivity contribution is 6.29. The Balaban J connectivity index is 1.67. The number of hydrogen-bond acceptors (Lipinski definition) is 5. The van der Waals surface area contributed by atoms with E-state index < -0.39 is 5.60 Å². The van der Waals surface area contributed by atoms with Gasteiger partial charge in [-0.05, 0) is 58.6 Å². The molecule has 1 aromatic rings. The molecule has 132 valence electrons. The van der Waals surface area contributed by atoms with Crippen LogP contribution in [0.15, 0.2) is 12.1 Å². The van der Waals surface area contributed by atoms with Crippen molar-refractivity contribution in [1.29, 1.82) is 0 Å². The van der Waals surface area contributed by atoms with Crippen molar-refractivity contribution in [3.05, 3.63) is 17.3 Å². The van der Waals surface area contributed by atoms with E-state index in [1.165, 1.54) is 0 Å². The van der Waals surface area contributed by atoms with Crippen LogP contribution in [0, 0.1) is 0 Å². The van der Waals surface area contributed by atoms with Crippen LogP contribution >= 0.6 is 11.6 Å². The first-order valence-corrected chi connectivity index (χ1v) is 8.92. The Kier molecular flexibility index (Phi) is 4.60. The molecule has 6 nitrogen and oxygen atoms in total. The number of halogens is 1. The predicted octanol–water partition coefficient (Wildman–Crippen LogP) is 3.50. The summed E-state index contributed by atoms with van der Waals surface area (Å²) in [5.74, 6) is 0.844. The second-order valence-electron chi connectivity index (χ2n) is 7.66. The fourth-order valence-corrected chi connectivity index (χ4v) is 3.79. The average molecular weight is 353 g/mol. The smallest absolute Gasteiger partial charge is 0.410 e. The molecule has 7 heteroatoms. The maximum atomic E-state index is 12.6. The summed E-state index contributed by atoms with van der Waals surface area (Å²) in [6.07, 6.45) is 3.76. The largest absolute Gasteiger partial charge is 0.444 e. The van der Waals surface area contributed by atoms with E-state index in [4.69, 9.17) is 16.3 Å². The fraction of sp³-hybridized carbons (Fsp3) is 0.706. The fourth-order valence-electron chi connectivity index (χ4n) is 3.69. The summed E-state index contributed by atoms with van der Waals surface area (Å²) < 4.78 is 5.61. The third-order valence-electron chi connectivity index (χ3n) is 4.85. The molecule has 2 aliphatic rings. The lowest BCUT2D eigenvalue weighted by molar-refractivity contribution is 0.00320. The van der Waals surface area contributed by atoms with E-state index in [2.05, 4.69) is 15.1 Å². The minimum absolute atomic E-state index is 0.0707. The molecule has 0 unspecified atom stereocenters. The van der Waals surface area contributed by atoms with Gasteiger partial charge in [0.2, 0.25) is 0 Å². The number of aromatic nitrogens is 2. The molecule has 1 aromatic heterocycles. The first kappa shape index (κ1) is 17.3. The lowest BCUT2D eigenvalue weighted by Crippen LogP contribution is -2.55. The second-order valence-corrected chi connectivity index (χ2v) is 8.05. The van der Waals surface area contributed by atoms with Gasteiger partial charge in [-0.3, -0.25) is 0 Å². The highest BCUT2D eigenvalue weighted by atomic mass is 35.5.